The van der Waals surface area contributed by atoms with Crippen molar-refractivity contribution in [1.29, 1.82) is 5.26 Å². The van der Waals surface area contributed by atoms with Crippen LogP contribution in [-0.4, -0.2) is 19.0 Å². The molecule has 0 aliphatic carbocycles. The average molecular weight is 320 g/mol. The van der Waals surface area contributed by atoms with Crippen LogP contribution >= 0.6 is 0 Å². The topological polar surface area (TPSA) is 70.4 Å². The third-order valence-electron chi connectivity index (χ3n) is 4.32. The van der Waals surface area contributed by atoms with E-state index in [9.17, 15) is 14.9 Å². The van der Waals surface area contributed by atoms with Gasteiger partial charge in [-0.15, -0.1) is 0 Å². The Morgan fingerprint density at radius 2 is 1.75 bits per heavy atom. The largest absolute Gasteiger partial charge is 0.468 e. The Labute approximate surface area is 140 Å². The molecule has 1 fully saturated rings. The molecule has 24 heavy (non-hydrogen) atoms. The van der Waals surface area contributed by atoms with Crippen molar-refractivity contribution in [2.75, 3.05) is 12.0 Å². The quantitative estimate of drug-likeness (QED) is 0.815. The summed E-state index contributed by atoms with van der Waals surface area (Å²) < 4.78 is 4.87. The summed E-state index contributed by atoms with van der Waals surface area (Å²) in [5, 5.41) is 9.80. The van der Waals surface area contributed by atoms with Crippen LogP contribution in [0, 0.1) is 16.7 Å². The average Bonchev–Trinajstić information content (AvgIpc) is 2.96. The number of hydrogen-bond donors (Lipinski definition) is 0. The molecule has 0 bridgehead atoms. The zero-order chi connectivity index (χ0) is 17.2. The molecular weight excluding hydrogens is 304 g/mol. The smallest absolute Gasteiger partial charge is 0.329 e. The standard InChI is InChI=1S/C19H16N2O3/c1-24-18(23)19(13-20)12-16(22)21(15-10-6-3-7-11-15)17(19)14-8-4-2-5-9-14/h2-11,17H,12H2,1H3/t17-,19+/m1/s1. The van der Waals surface area contributed by atoms with Crippen molar-refractivity contribution in [3.05, 3.63) is 66.2 Å². The molecule has 120 valence electrons. The number of esters is 1. The molecule has 0 aromatic heterocycles. The molecule has 0 unspecified atom stereocenters. The number of anilines is 1. The van der Waals surface area contributed by atoms with Gasteiger partial charge in [0.05, 0.1) is 25.6 Å². The summed E-state index contributed by atoms with van der Waals surface area (Å²) in [6, 6.07) is 19.5. The number of para-hydroxylation sites is 1. The lowest BCUT2D eigenvalue weighted by Gasteiger charge is -2.31. The molecule has 1 heterocycles. The van der Waals surface area contributed by atoms with E-state index in [2.05, 4.69) is 6.07 Å². The number of hydrogen-bond acceptors (Lipinski definition) is 4. The van der Waals surface area contributed by atoms with Crippen molar-refractivity contribution in [3.63, 3.8) is 0 Å². The van der Waals surface area contributed by atoms with Crippen LogP contribution < -0.4 is 4.90 Å². The van der Waals surface area contributed by atoms with Gasteiger partial charge >= 0.3 is 5.97 Å². The maximum Gasteiger partial charge on any atom is 0.329 e. The van der Waals surface area contributed by atoms with Crippen molar-refractivity contribution in [2.24, 2.45) is 5.41 Å². The summed E-state index contributed by atoms with van der Waals surface area (Å²) in [7, 11) is 1.24. The summed E-state index contributed by atoms with van der Waals surface area (Å²) in [5.41, 5.74) is -0.195. The fraction of sp³-hybridized carbons (Fsp3) is 0.211. The third kappa shape index (κ3) is 2.33. The van der Waals surface area contributed by atoms with Crippen LogP contribution in [0.2, 0.25) is 0 Å². The molecule has 0 saturated carbocycles. The van der Waals surface area contributed by atoms with Gasteiger partial charge in [0, 0.05) is 5.69 Å². The molecule has 3 rings (SSSR count). The number of benzene rings is 2. The first-order valence-electron chi connectivity index (χ1n) is 7.56. The predicted octanol–water partition coefficient (Wildman–Crippen LogP) is 2.85. The molecule has 2 aromatic carbocycles. The van der Waals surface area contributed by atoms with Crippen LogP contribution in [0.3, 0.4) is 0 Å². The van der Waals surface area contributed by atoms with Crippen LogP contribution in [0.15, 0.2) is 60.7 Å². The number of carbonyl (C=O) groups excluding carboxylic acids is 2. The van der Waals surface area contributed by atoms with E-state index >= 15 is 0 Å². The van der Waals surface area contributed by atoms with Crippen LogP contribution in [-0.2, 0) is 14.3 Å². The third-order valence-corrected chi connectivity index (χ3v) is 4.32. The number of nitriles is 1. The van der Waals surface area contributed by atoms with Crippen molar-refractivity contribution in [1.82, 2.24) is 0 Å². The van der Waals surface area contributed by atoms with Crippen molar-refractivity contribution < 1.29 is 14.3 Å². The van der Waals surface area contributed by atoms with Gasteiger partial charge in [0.1, 0.15) is 0 Å². The summed E-state index contributed by atoms with van der Waals surface area (Å²) >= 11 is 0. The van der Waals surface area contributed by atoms with Crippen molar-refractivity contribution >= 4 is 17.6 Å². The second kappa shape index (κ2) is 6.17. The van der Waals surface area contributed by atoms with E-state index < -0.39 is 17.4 Å². The molecule has 2 aromatic rings. The second-order valence-electron chi connectivity index (χ2n) is 5.66. The fourth-order valence-electron chi connectivity index (χ4n) is 3.25. The molecule has 0 radical (unpaired) electrons. The first kappa shape index (κ1) is 15.8. The number of nitrogens with zero attached hydrogens (tertiary/aromatic N) is 2. The maximum atomic E-state index is 12.7. The van der Waals surface area contributed by atoms with Gasteiger partial charge in [-0.3, -0.25) is 9.59 Å². The van der Waals surface area contributed by atoms with E-state index in [0.717, 1.165) is 5.56 Å². The highest BCUT2D eigenvalue weighted by Crippen LogP contribution is 2.50. The maximum absolute atomic E-state index is 12.7. The summed E-state index contributed by atoms with van der Waals surface area (Å²) in [4.78, 5) is 26.7. The Kier molecular flexibility index (Phi) is 4.05. The van der Waals surface area contributed by atoms with Crippen LogP contribution in [0.4, 0.5) is 5.69 Å². The van der Waals surface area contributed by atoms with Gasteiger partial charge in [-0.25, -0.2) is 0 Å². The minimum atomic E-state index is -1.57. The van der Waals surface area contributed by atoms with Gasteiger partial charge in [0.2, 0.25) is 5.91 Å². The van der Waals surface area contributed by atoms with E-state index in [1.165, 1.54) is 12.0 Å². The van der Waals surface area contributed by atoms with E-state index in [4.69, 9.17) is 4.74 Å². The molecule has 1 amide bonds. The summed E-state index contributed by atoms with van der Waals surface area (Å²) in [6.45, 7) is 0. The van der Waals surface area contributed by atoms with Gasteiger partial charge in [0.25, 0.3) is 0 Å². The van der Waals surface area contributed by atoms with E-state index in [1.54, 1.807) is 12.1 Å². The number of ether oxygens (including phenoxy) is 1. The molecule has 1 saturated heterocycles. The first-order chi connectivity index (χ1) is 11.6. The zero-order valence-corrected chi connectivity index (χ0v) is 13.2. The van der Waals surface area contributed by atoms with Gasteiger partial charge in [-0.1, -0.05) is 48.5 Å². The summed E-state index contributed by atoms with van der Waals surface area (Å²) in [6.07, 6.45) is -0.204. The highest BCUT2D eigenvalue weighted by atomic mass is 16.5. The lowest BCUT2D eigenvalue weighted by molar-refractivity contribution is -0.150. The van der Waals surface area contributed by atoms with Gasteiger partial charge in [-0.2, -0.15) is 5.26 Å². The SMILES string of the molecule is COC(=O)[C@]1(C#N)CC(=O)N(c2ccccc2)[C@@H]1c1ccccc1. The van der Waals surface area contributed by atoms with Crippen LogP contribution in [0.25, 0.3) is 0 Å². The number of carbonyl (C=O) groups is 2. The first-order valence-corrected chi connectivity index (χ1v) is 7.56. The van der Waals surface area contributed by atoms with Gasteiger partial charge < -0.3 is 9.64 Å². The monoisotopic (exact) mass is 320 g/mol. The Hall–Kier alpha value is -3.13. The zero-order valence-electron chi connectivity index (χ0n) is 13.2. The Morgan fingerprint density at radius 3 is 2.29 bits per heavy atom. The normalized spacial score (nSPS) is 22.9. The number of methoxy groups -OCH3 is 1. The number of amides is 1. The molecule has 1 aliphatic heterocycles. The molecule has 1 aliphatic rings. The van der Waals surface area contributed by atoms with E-state index in [0.29, 0.717) is 5.69 Å². The molecule has 0 spiro atoms. The van der Waals surface area contributed by atoms with Crippen LogP contribution in [0.1, 0.15) is 18.0 Å². The Morgan fingerprint density at radius 1 is 1.17 bits per heavy atom. The minimum Gasteiger partial charge on any atom is -0.468 e. The molecular formula is C19H16N2O3. The lowest BCUT2D eigenvalue weighted by atomic mass is 9.78. The van der Waals surface area contributed by atoms with Gasteiger partial charge in [-0.05, 0) is 17.7 Å². The highest BCUT2D eigenvalue weighted by molar-refractivity contribution is 6.03. The van der Waals surface area contributed by atoms with Crippen LogP contribution in [0.5, 0.6) is 0 Å². The Balaban J connectivity index is 2.21. The van der Waals surface area contributed by atoms with E-state index in [1.807, 2.05) is 48.5 Å². The van der Waals surface area contributed by atoms with Crippen molar-refractivity contribution in [2.45, 2.75) is 12.5 Å². The van der Waals surface area contributed by atoms with Gasteiger partial charge in [0.15, 0.2) is 5.41 Å². The summed E-state index contributed by atoms with van der Waals surface area (Å²) in [5.74, 6) is -0.965. The van der Waals surface area contributed by atoms with E-state index in [-0.39, 0.29) is 12.3 Å². The van der Waals surface area contributed by atoms with Crippen molar-refractivity contribution in [3.8, 4) is 6.07 Å². The lowest BCUT2D eigenvalue weighted by Crippen LogP contribution is -2.38. The minimum absolute atomic E-state index is 0.204. The Bertz CT molecular complexity index is 798. The fourth-order valence-corrected chi connectivity index (χ4v) is 3.25. The molecule has 2 atom stereocenters. The molecule has 5 nitrogen and oxygen atoms in total. The molecule has 0 N–H and O–H groups in total. The second-order valence-corrected chi connectivity index (χ2v) is 5.66. The number of rotatable bonds is 3. The molecule has 5 heteroatoms. The predicted molar refractivity (Wildman–Crippen MR) is 87.8 cm³/mol. The highest BCUT2D eigenvalue weighted by Gasteiger charge is 2.59.